The number of benzene rings is 2. The monoisotopic (exact) mass is 286 g/mol. The number of hydrogen-bond acceptors (Lipinski definition) is 1. The third kappa shape index (κ3) is 3.29. The van der Waals surface area contributed by atoms with Gasteiger partial charge < -0.3 is 0 Å². The molecule has 2 heteroatoms. The lowest BCUT2D eigenvalue weighted by atomic mass is 9.92. The molecular weight excluding hydrogens is 268 g/mol. The van der Waals surface area contributed by atoms with Gasteiger partial charge in [0.05, 0.1) is 0 Å². The molecule has 2 aromatic rings. The maximum atomic E-state index is 11.3. The number of hydrogen-bond donors (Lipinski definition) is 0. The van der Waals surface area contributed by atoms with Gasteiger partial charge >= 0.3 is 0 Å². The summed E-state index contributed by atoms with van der Waals surface area (Å²) in [6, 6.07) is 14.7. The Labute approximate surface area is 125 Å². The van der Waals surface area contributed by atoms with E-state index in [4.69, 9.17) is 11.6 Å². The van der Waals surface area contributed by atoms with Crippen LogP contribution in [0.2, 0.25) is 0 Å². The fourth-order valence-electron chi connectivity index (χ4n) is 2.50. The summed E-state index contributed by atoms with van der Waals surface area (Å²) in [5, 5.41) is -0.308. The Morgan fingerprint density at radius 2 is 1.70 bits per heavy atom. The van der Waals surface area contributed by atoms with Crippen LogP contribution in [0, 0.1) is 0 Å². The number of halogens is 1. The molecule has 104 valence electrons. The first-order chi connectivity index (χ1) is 9.65. The van der Waals surface area contributed by atoms with Gasteiger partial charge in [0.1, 0.15) is 0 Å². The minimum absolute atomic E-state index is 0.288. The Morgan fingerprint density at radius 1 is 1.00 bits per heavy atom. The largest absolute Gasteiger partial charge is 0.281 e. The summed E-state index contributed by atoms with van der Waals surface area (Å²) in [5.74, 6) is 0. The topological polar surface area (TPSA) is 17.1 Å². The maximum Gasteiger partial charge on any atom is 0.226 e. The molecule has 0 aliphatic carbocycles. The Kier molecular flexibility index (Phi) is 4.97. The standard InChI is InChI=1S/C18H19ClO/c1-3-13-8-10-15(11-9-13)16-7-5-6-14(4-2)17(16)12-18(19)20/h5-11H,3-4,12H2,1-2H3. The van der Waals surface area contributed by atoms with Crippen molar-refractivity contribution in [3.8, 4) is 11.1 Å². The van der Waals surface area contributed by atoms with Crippen molar-refractivity contribution in [1.82, 2.24) is 0 Å². The zero-order chi connectivity index (χ0) is 14.5. The molecule has 0 atom stereocenters. The molecule has 0 unspecified atom stereocenters. The Balaban J connectivity index is 2.50. The van der Waals surface area contributed by atoms with E-state index in [9.17, 15) is 4.79 Å². The average Bonchev–Trinajstić information content (AvgIpc) is 2.47. The second-order valence-electron chi connectivity index (χ2n) is 4.88. The maximum absolute atomic E-state index is 11.3. The van der Waals surface area contributed by atoms with Crippen molar-refractivity contribution in [2.24, 2.45) is 0 Å². The Bertz CT molecular complexity index is 599. The minimum atomic E-state index is -0.308. The van der Waals surface area contributed by atoms with Crippen LogP contribution in [-0.4, -0.2) is 5.24 Å². The first kappa shape index (κ1) is 14.8. The molecule has 1 nitrogen and oxygen atoms in total. The van der Waals surface area contributed by atoms with Crippen molar-refractivity contribution < 1.29 is 4.79 Å². The summed E-state index contributed by atoms with van der Waals surface area (Å²) in [6.07, 6.45) is 2.22. The third-order valence-corrected chi connectivity index (χ3v) is 3.78. The molecule has 0 bridgehead atoms. The summed E-state index contributed by atoms with van der Waals surface area (Å²) in [4.78, 5) is 11.3. The van der Waals surface area contributed by atoms with Crippen LogP contribution in [0.25, 0.3) is 11.1 Å². The fourth-order valence-corrected chi connectivity index (χ4v) is 2.64. The smallest absolute Gasteiger partial charge is 0.226 e. The van der Waals surface area contributed by atoms with Crippen LogP contribution in [0.1, 0.15) is 30.5 Å². The van der Waals surface area contributed by atoms with Crippen LogP contribution in [0.5, 0.6) is 0 Å². The normalized spacial score (nSPS) is 10.6. The molecule has 0 radical (unpaired) electrons. The van der Waals surface area contributed by atoms with Crippen molar-refractivity contribution in [3.05, 3.63) is 59.2 Å². The zero-order valence-corrected chi connectivity index (χ0v) is 12.7. The highest BCUT2D eigenvalue weighted by molar-refractivity contribution is 6.63. The van der Waals surface area contributed by atoms with E-state index in [1.54, 1.807) is 0 Å². The van der Waals surface area contributed by atoms with Crippen molar-refractivity contribution in [1.29, 1.82) is 0 Å². The second-order valence-corrected chi connectivity index (χ2v) is 5.30. The molecule has 0 heterocycles. The van der Waals surface area contributed by atoms with Gasteiger partial charge in [0.2, 0.25) is 5.24 Å². The van der Waals surface area contributed by atoms with Crippen LogP contribution in [0.3, 0.4) is 0 Å². The highest BCUT2D eigenvalue weighted by atomic mass is 35.5. The first-order valence-corrected chi connectivity index (χ1v) is 7.41. The average molecular weight is 287 g/mol. The summed E-state index contributed by atoms with van der Waals surface area (Å²) < 4.78 is 0. The van der Waals surface area contributed by atoms with Gasteiger partial charge in [0, 0.05) is 6.42 Å². The van der Waals surface area contributed by atoms with Gasteiger partial charge in [-0.1, -0.05) is 56.3 Å². The molecule has 0 fully saturated rings. The molecule has 0 N–H and O–H groups in total. The third-order valence-electron chi connectivity index (χ3n) is 3.64. The van der Waals surface area contributed by atoms with E-state index in [2.05, 4.69) is 50.2 Å². The lowest BCUT2D eigenvalue weighted by Gasteiger charge is -2.13. The van der Waals surface area contributed by atoms with Gasteiger partial charge in [-0.15, -0.1) is 0 Å². The number of aryl methyl sites for hydroxylation is 2. The highest BCUT2D eigenvalue weighted by Gasteiger charge is 2.12. The molecule has 0 aliphatic rings. The van der Waals surface area contributed by atoms with Crippen molar-refractivity contribution >= 4 is 16.8 Å². The molecule has 0 saturated heterocycles. The summed E-state index contributed by atoms with van der Waals surface area (Å²) in [5.41, 5.74) is 5.82. The summed E-state index contributed by atoms with van der Waals surface area (Å²) in [6.45, 7) is 4.24. The first-order valence-electron chi connectivity index (χ1n) is 7.04. The van der Waals surface area contributed by atoms with Gasteiger partial charge in [0.15, 0.2) is 0 Å². The van der Waals surface area contributed by atoms with E-state index < -0.39 is 0 Å². The second kappa shape index (κ2) is 6.71. The molecule has 0 aliphatic heterocycles. The SMILES string of the molecule is CCc1ccc(-c2cccc(CC)c2CC(=O)Cl)cc1. The number of carbonyl (C=O) groups excluding carboxylic acids is 1. The van der Waals surface area contributed by atoms with Crippen molar-refractivity contribution in [2.75, 3.05) is 0 Å². The van der Waals surface area contributed by atoms with Crippen molar-refractivity contribution in [2.45, 2.75) is 33.1 Å². The molecular formula is C18H19ClO. The van der Waals surface area contributed by atoms with Gasteiger partial charge in [-0.3, -0.25) is 4.79 Å². The van der Waals surface area contributed by atoms with Gasteiger partial charge in [0.25, 0.3) is 0 Å². The molecule has 0 amide bonds. The fraction of sp³-hybridized carbons (Fsp3) is 0.278. The van der Waals surface area contributed by atoms with Gasteiger partial charge in [-0.25, -0.2) is 0 Å². The predicted molar refractivity (Wildman–Crippen MR) is 85.2 cm³/mol. The van der Waals surface area contributed by atoms with E-state index in [-0.39, 0.29) is 11.7 Å². The molecule has 0 spiro atoms. The lowest BCUT2D eigenvalue weighted by molar-refractivity contribution is -0.111. The molecule has 2 rings (SSSR count). The Morgan fingerprint density at radius 3 is 2.25 bits per heavy atom. The van der Waals surface area contributed by atoms with Gasteiger partial charge in [-0.2, -0.15) is 0 Å². The Hall–Kier alpha value is -1.60. The quantitative estimate of drug-likeness (QED) is 0.723. The van der Waals surface area contributed by atoms with E-state index in [1.165, 1.54) is 11.1 Å². The van der Waals surface area contributed by atoms with Crippen LogP contribution in [0.15, 0.2) is 42.5 Å². The van der Waals surface area contributed by atoms with Gasteiger partial charge in [-0.05, 0) is 52.3 Å². The molecule has 0 saturated carbocycles. The minimum Gasteiger partial charge on any atom is -0.281 e. The van der Waals surface area contributed by atoms with Crippen LogP contribution >= 0.6 is 11.6 Å². The molecule has 20 heavy (non-hydrogen) atoms. The highest BCUT2D eigenvalue weighted by Crippen LogP contribution is 2.28. The number of rotatable bonds is 5. The predicted octanol–water partition coefficient (Wildman–Crippen LogP) is 4.79. The molecule has 2 aromatic carbocycles. The lowest BCUT2D eigenvalue weighted by Crippen LogP contribution is -2.01. The van der Waals surface area contributed by atoms with E-state index in [1.807, 2.05) is 6.07 Å². The van der Waals surface area contributed by atoms with Crippen LogP contribution in [-0.2, 0) is 24.1 Å². The molecule has 0 aromatic heterocycles. The zero-order valence-electron chi connectivity index (χ0n) is 11.9. The van der Waals surface area contributed by atoms with Crippen LogP contribution < -0.4 is 0 Å². The van der Waals surface area contributed by atoms with E-state index in [0.29, 0.717) is 0 Å². The van der Waals surface area contributed by atoms with Crippen LogP contribution in [0.4, 0.5) is 0 Å². The van der Waals surface area contributed by atoms with Crippen molar-refractivity contribution in [3.63, 3.8) is 0 Å². The van der Waals surface area contributed by atoms with E-state index in [0.717, 1.165) is 29.5 Å². The number of carbonyl (C=O) groups is 1. The summed E-state index contributed by atoms with van der Waals surface area (Å²) in [7, 11) is 0. The van der Waals surface area contributed by atoms with E-state index >= 15 is 0 Å². The summed E-state index contributed by atoms with van der Waals surface area (Å²) >= 11 is 5.61.